The first kappa shape index (κ1) is 12.4. The van der Waals surface area contributed by atoms with Crippen molar-refractivity contribution in [3.8, 4) is 0 Å². The van der Waals surface area contributed by atoms with Crippen LogP contribution in [-0.4, -0.2) is 34.5 Å². The highest BCUT2D eigenvalue weighted by molar-refractivity contribution is 6.36. The van der Waals surface area contributed by atoms with Gasteiger partial charge >= 0.3 is 0 Å². The minimum Gasteiger partial charge on any atom is -0.357 e. The van der Waals surface area contributed by atoms with Gasteiger partial charge in [-0.2, -0.15) is 0 Å². The summed E-state index contributed by atoms with van der Waals surface area (Å²) in [5, 5.41) is 0. The van der Waals surface area contributed by atoms with Crippen molar-refractivity contribution in [3.05, 3.63) is 0 Å². The molecule has 0 atom stereocenters. The van der Waals surface area contributed by atoms with Crippen LogP contribution < -0.4 is 0 Å². The molecule has 2 nitrogen and oxygen atoms in total. The molecule has 0 spiro atoms. The maximum absolute atomic E-state index is 5.56. The Bertz CT molecular complexity index is 87.1. The molecular weight excluding hydrogens is 192 g/mol. The van der Waals surface area contributed by atoms with Crippen LogP contribution in [0.1, 0.15) is 20.3 Å². The average Bonchev–Trinajstić information content (AvgIpc) is 2.06. The molecule has 0 bridgehead atoms. The molecule has 0 heterocycles. The molecule has 0 unspecified atom stereocenters. The number of ether oxygens (including phenoxy) is 2. The number of rotatable bonds is 8. The van der Waals surface area contributed by atoms with Crippen LogP contribution in [0.15, 0.2) is 0 Å². The van der Waals surface area contributed by atoms with Crippen LogP contribution in [0.5, 0.6) is 0 Å². The molecular formula is C8H17ClO2Si. The molecule has 0 aliphatic rings. The molecule has 0 saturated carbocycles. The summed E-state index contributed by atoms with van der Waals surface area (Å²) < 4.78 is 10.8. The largest absolute Gasteiger partial charge is 0.357 e. The second-order valence-corrected chi connectivity index (χ2v) is 4.00. The van der Waals surface area contributed by atoms with Gasteiger partial charge in [-0.3, -0.25) is 0 Å². The Morgan fingerprint density at radius 2 is 1.83 bits per heavy atom. The molecule has 0 aromatic carbocycles. The van der Waals surface area contributed by atoms with Crippen molar-refractivity contribution in [2.45, 2.75) is 32.2 Å². The molecule has 0 aliphatic carbocycles. The Morgan fingerprint density at radius 3 is 2.25 bits per heavy atom. The standard InChI is InChI=1S/C8H17ClO2Si/c1-3-10-8(11-4-2)12-7-5-6-9/h8H,3-7H2,1-2H3. The lowest BCUT2D eigenvalue weighted by Crippen LogP contribution is -2.24. The normalized spacial score (nSPS) is 11.0. The van der Waals surface area contributed by atoms with Gasteiger partial charge in [-0.1, -0.05) is 6.04 Å². The zero-order chi connectivity index (χ0) is 9.23. The van der Waals surface area contributed by atoms with Crippen molar-refractivity contribution in [3.63, 3.8) is 0 Å². The van der Waals surface area contributed by atoms with Crippen LogP contribution in [0, 0.1) is 0 Å². The lowest BCUT2D eigenvalue weighted by molar-refractivity contribution is -0.0827. The highest BCUT2D eigenvalue weighted by Gasteiger charge is 2.07. The van der Waals surface area contributed by atoms with Gasteiger partial charge in [-0.25, -0.2) is 0 Å². The molecule has 0 rings (SSSR count). The average molecular weight is 209 g/mol. The molecule has 12 heavy (non-hydrogen) atoms. The van der Waals surface area contributed by atoms with Crippen molar-refractivity contribution in [1.29, 1.82) is 0 Å². The van der Waals surface area contributed by atoms with Crippen molar-refractivity contribution in [1.82, 2.24) is 0 Å². The third-order valence-corrected chi connectivity index (χ3v) is 2.83. The van der Waals surface area contributed by atoms with Crippen molar-refractivity contribution in [2.24, 2.45) is 0 Å². The summed E-state index contributed by atoms with van der Waals surface area (Å²) in [5.41, 5.74) is 0. The molecule has 2 radical (unpaired) electrons. The highest BCUT2D eigenvalue weighted by Crippen LogP contribution is 1.99. The van der Waals surface area contributed by atoms with E-state index in [9.17, 15) is 0 Å². The Hall–Kier alpha value is 0.427. The van der Waals surface area contributed by atoms with Gasteiger partial charge in [0.05, 0.1) is 0 Å². The molecule has 0 aromatic rings. The predicted molar refractivity (Wildman–Crippen MR) is 52.9 cm³/mol. The smallest absolute Gasteiger partial charge is 0.137 e. The summed E-state index contributed by atoms with van der Waals surface area (Å²) in [7, 11) is 0.715. The van der Waals surface area contributed by atoms with E-state index in [4.69, 9.17) is 21.1 Å². The van der Waals surface area contributed by atoms with Gasteiger partial charge < -0.3 is 9.47 Å². The van der Waals surface area contributed by atoms with Gasteiger partial charge in [0.2, 0.25) is 0 Å². The minimum atomic E-state index is 0.00298. The van der Waals surface area contributed by atoms with Gasteiger partial charge in [0.15, 0.2) is 0 Å². The van der Waals surface area contributed by atoms with Crippen LogP contribution in [0.2, 0.25) is 6.04 Å². The first-order valence-corrected chi connectivity index (χ1v) is 6.19. The Kier molecular flexibility index (Phi) is 9.85. The molecule has 0 saturated heterocycles. The molecule has 4 heteroatoms. The van der Waals surface area contributed by atoms with Gasteiger partial charge in [-0.05, 0) is 20.3 Å². The van der Waals surface area contributed by atoms with Crippen molar-refractivity contribution in [2.75, 3.05) is 19.1 Å². The quantitative estimate of drug-likeness (QED) is 0.263. The maximum atomic E-state index is 5.56. The first-order valence-electron chi connectivity index (χ1n) is 4.37. The fourth-order valence-electron chi connectivity index (χ4n) is 0.755. The maximum Gasteiger partial charge on any atom is 0.137 e. The zero-order valence-electron chi connectivity index (χ0n) is 7.81. The fraction of sp³-hybridized carbons (Fsp3) is 1.00. The SMILES string of the molecule is CCOC(OCC)[Si]CCCCl. The van der Waals surface area contributed by atoms with Crippen molar-refractivity contribution >= 4 is 21.1 Å². The van der Waals surface area contributed by atoms with E-state index >= 15 is 0 Å². The van der Waals surface area contributed by atoms with E-state index in [1.807, 2.05) is 13.8 Å². The van der Waals surface area contributed by atoms with E-state index in [0.29, 0.717) is 9.52 Å². The Morgan fingerprint density at radius 1 is 1.25 bits per heavy atom. The summed E-state index contributed by atoms with van der Waals surface area (Å²) in [6, 6.07) is 1.11. The topological polar surface area (TPSA) is 18.5 Å². The Balaban J connectivity index is 3.34. The zero-order valence-corrected chi connectivity index (χ0v) is 9.56. The minimum absolute atomic E-state index is 0.00298. The molecule has 0 N–H and O–H groups in total. The van der Waals surface area contributed by atoms with E-state index in [-0.39, 0.29) is 5.91 Å². The number of alkyl halides is 1. The summed E-state index contributed by atoms with van der Waals surface area (Å²) in [5.74, 6) is 0.737. The van der Waals surface area contributed by atoms with Crippen LogP contribution in [0.3, 0.4) is 0 Å². The number of hydrogen-bond acceptors (Lipinski definition) is 2. The third-order valence-electron chi connectivity index (χ3n) is 1.26. The van der Waals surface area contributed by atoms with Crippen LogP contribution in [0.25, 0.3) is 0 Å². The summed E-state index contributed by atoms with van der Waals surface area (Å²) in [4.78, 5) is 0. The van der Waals surface area contributed by atoms with Crippen LogP contribution in [-0.2, 0) is 9.47 Å². The molecule has 0 amide bonds. The van der Waals surface area contributed by atoms with Crippen LogP contribution in [0.4, 0.5) is 0 Å². The highest BCUT2D eigenvalue weighted by atomic mass is 35.5. The van der Waals surface area contributed by atoms with Crippen molar-refractivity contribution < 1.29 is 9.47 Å². The summed E-state index contributed by atoms with van der Waals surface area (Å²) in [6.07, 6.45) is 1.05. The lowest BCUT2D eigenvalue weighted by atomic mass is 10.6. The number of hydrogen-bond donors (Lipinski definition) is 0. The van der Waals surface area contributed by atoms with E-state index in [1.165, 1.54) is 0 Å². The third kappa shape index (κ3) is 7.10. The van der Waals surface area contributed by atoms with Gasteiger partial charge in [0.1, 0.15) is 15.4 Å². The number of halogens is 1. The second-order valence-electron chi connectivity index (χ2n) is 2.24. The monoisotopic (exact) mass is 208 g/mol. The molecule has 0 aliphatic heterocycles. The summed E-state index contributed by atoms with van der Waals surface area (Å²) >= 11 is 5.56. The second kappa shape index (κ2) is 9.51. The van der Waals surface area contributed by atoms with Gasteiger partial charge in [0, 0.05) is 19.1 Å². The van der Waals surface area contributed by atoms with E-state index in [2.05, 4.69) is 0 Å². The van der Waals surface area contributed by atoms with Gasteiger partial charge in [0.25, 0.3) is 0 Å². The summed E-state index contributed by atoms with van der Waals surface area (Å²) in [6.45, 7) is 5.41. The van der Waals surface area contributed by atoms with Gasteiger partial charge in [-0.15, -0.1) is 11.6 Å². The molecule has 0 fully saturated rings. The lowest BCUT2D eigenvalue weighted by Gasteiger charge is -2.15. The van der Waals surface area contributed by atoms with Crippen LogP contribution >= 0.6 is 11.6 Å². The molecule has 72 valence electrons. The fourth-order valence-corrected chi connectivity index (χ4v) is 2.30. The Labute approximate surface area is 82.4 Å². The van der Waals surface area contributed by atoms with E-state index in [1.54, 1.807) is 0 Å². The van der Waals surface area contributed by atoms with E-state index in [0.717, 1.165) is 31.6 Å². The van der Waals surface area contributed by atoms with E-state index < -0.39 is 0 Å². The predicted octanol–water partition coefficient (Wildman–Crippen LogP) is 2.09. The first-order chi connectivity index (χ1) is 5.85. The molecule has 0 aromatic heterocycles.